The zero-order valence-corrected chi connectivity index (χ0v) is 15.8. The highest BCUT2D eigenvalue weighted by molar-refractivity contribution is 5.72. The van der Waals surface area contributed by atoms with Crippen LogP contribution < -0.4 is 5.73 Å². The van der Waals surface area contributed by atoms with Gasteiger partial charge in [-0.25, -0.2) is 4.52 Å². The van der Waals surface area contributed by atoms with E-state index in [1.165, 1.54) is 10.7 Å². The minimum absolute atomic E-state index is 0.234. The summed E-state index contributed by atoms with van der Waals surface area (Å²) in [6, 6.07) is 6.79. The van der Waals surface area contributed by atoms with Gasteiger partial charge in [0.2, 0.25) is 5.60 Å². The Morgan fingerprint density at radius 2 is 2.14 bits per heavy atom. The van der Waals surface area contributed by atoms with Gasteiger partial charge < -0.3 is 25.4 Å². The molecular formula is C19H24N4O5. The van der Waals surface area contributed by atoms with Gasteiger partial charge in [0.1, 0.15) is 31.0 Å². The summed E-state index contributed by atoms with van der Waals surface area (Å²) in [5, 5.41) is 35.1. The molecule has 1 aliphatic rings. The minimum atomic E-state index is -1.88. The van der Waals surface area contributed by atoms with Crippen LogP contribution in [-0.2, 0) is 19.9 Å². The lowest BCUT2D eigenvalue weighted by atomic mass is 9.92. The molecule has 4 atom stereocenters. The standard InChI is InChI=1S/C19H24N4O5/c1-3-11(4-2)18(26)27-9-14-16(24)17(25)19(10-20,28-14)15-6-5-13-12(21)7-8-22-23(13)15/h5-8,11,14,16-17,24-25H,3-4,9,21H2,1-2H3/t14-,16-,17-,19+/m1/s1. The third-order valence-electron chi connectivity index (χ3n) is 5.30. The molecule has 0 aromatic carbocycles. The Morgan fingerprint density at radius 3 is 2.79 bits per heavy atom. The van der Waals surface area contributed by atoms with Crippen LogP contribution in [0.15, 0.2) is 24.4 Å². The van der Waals surface area contributed by atoms with Gasteiger partial charge >= 0.3 is 5.97 Å². The molecule has 4 N–H and O–H groups in total. The third kappa shape index (κ3) is 3.09. The minimum Gasteiger partial charge on any atom is -0.463 e. The van der Waals surface area contributed by atoms with E-state index in [0.29, 0.717) is 24.0 Å². The van der Waals surface area contributed by atoms with E-state index in [4.69, 9.17) is 15.2 Å². The van der Waals surface area contributed by atoms with Crippen LogP contribution >= 0.6 is 0 Å². The monoisotopic (exact) mass is 388 g/mol. The van der Waals surface area contributed by atoms with Gasteiger partial charge in [0.05, 0.1) is 22.8 Å². The predicted octanol–water partition coefficient (Wildman–Crippen LogP) is 0.735. The van der Waals surface area contributed by atoms with Crippen LogP contribution in [-0.4, -0.2) is 50.7 Å². The molecule has 9 heteroatoms. The Balaban J connectivity index is 1.87. The van der Waals surface area contributed by atoms with Gasteiger partial charge in [0.15, 0.2) is 0 Å². The van der Waals surface area contributed by atoms with E-state index in [2.05, 4.69) is 5.10 Å². The number of hydrogen-bond acceptors (Lipinski definition) is 8. The number of nitrogens with zero attached hydrogens (tertiary/aromatic N) is 3. The Hall–Kier alpha value is -2.67. The lowest BCUT2D eigenvalue weighted by Gasteiger charge is -2.24. The molecule has 1 saturated heterocycles. The molecule has 0 bridgehead atoms. The number of rotatable bonds is 6. The van der Waals surface area contributed by atoms with Crippen molar-refractivity contribution >= 4 is 17.2 Å². The smallest absolute Gasteiger partial charge is 0.309 e. The maximum atomic E-state index is 12.1. The zero-order valence-electron chi connectivity index (χ0n) is 15.8. The fourth-order valence-corrected chi connectivity index (χ4v) is 3.54. The first-order valence-electron chi connectivity index (χ1n) is 9.24. The average molecular weight is 388 g/mol. The summed E-state index contributed by atoms with van der Waals surface area (Å²) in [7, 11) is 0. The van der Waals surface area contributed by atoms with Crippen LogP contribution in [0.25, 0.3) is 5.52 Å². The van der Waals surface area contributed by atoms with Gasteiger partial charge in [-0.1, -0.05) is 13.8 Å². The third-order valence-corrected chi connectivity index (χ3v) is 5.30. The summed E-state index contributed by atoms with van der Waals surface area (Å²) in [5.74, 6) is -0.640. The Kier molecular flexibility index (Phi) is 5.56. The molecule has 2 aromatic rings. The van der Waals surface area contributed by atoms with Gasteiger partial charge in [-0.05, 0) is 31.0 Å². The molecule has 3 heterocycles. The van der Waals surface area contributed by atoms with Crippen molar-refractivity contribution in [3.63, 3.8) is 0 Å². The summed E-state index contributed by atoms with van der Waals surface area (Å²) in [5.41, 5.74) is 5.27. The zero-order chi connectivity index (χ0) is 20.5. The van der Waals surface area contributed by atoms with Gasteiger partial charge in [0.25, 0.3) is 0 Å². The summed E-state index contributed by atoms with van der Waals surface area (Å²) in [4.78, 5) is 12.1. The van der Waals surface area contributed by atoms with Crippen LogP contribution in [0.4, 0.5) is 5.69 Å². The number of nitrogen functional groups attached to an aromatic ring is 1. The van der Waals surface area contributed by atoms with Gasteiger partial charge in [-0.15, -0.1) is 0 Å². The molecule has 0 saturated carbocycles. The molecule has 1 aliphatic heterocycles. The van der Waals surface area contributed by atoms with Crippen LogP contribution in [0, 0.1) is 17.2 Å². The number of nitrogens with two attached hydrogens (primary N) is 1. The second-order valence-electron chi connectivity index (χ2n) is 6.88. The highest BCUT2D eigenvalue weighted by atomic mass is 16.6. The van der Waals surface area contributed by atoms with E-state index >= 15 is 0 Å². The number of hydrogen-bond donors (Lipinski definition) is 3. The van der Waals surface area contributed by atoms with Crippen molar-refractivity contribution in [2.45, 2.75) is 50.6 Å². The number of fused-ring (bicyclic) bond motifs is 1. The lowest BCUT2D eigenvalue weighted by molar-refractivity contribution is -0.155. The second kappa shape index (κ2) is 7.75. The molecule has 0 spiro atoms. The number of carbonyl (C=O) groups excluding carboxylic acids is 1. The number of ether oxygens (including phenoxy) is 2. The SMILES string of the molecule is CCC(CC)C(=O)OC[C@H]1O[C@@](C#N)(c2ccc3c(N)ccnn23)[C@H](O)[C@@H]1O. The molecule has 3 rings (SSSR count). The van der Waals surface area contributed by atoms with Crippen molar-refractivity contribution < 1.29 is 24.5 Å². The molecule has 150 valence electrons. The quantitative estimate of drug-likeness (QED) is 0.615. The summed E-state index contributed by atoms with van der Waals surface area (Å²) in [6.07, 6.45) is -1.30. The highest BCUT2D eigenvalue weighted by Gasteiger charge is 2.57. The molecule has 2 aromatic heterocycles. The van der Waals surface area contributed by atoms with Crippen molar-refractivity contribution in [3.05, 3.63) is 30.1 Å². The normalized spacial score (nSPS) is 27.2. The maximum Gasteiger partial charge on any atom is 0.309 e. The van der Waals surface area contributed by atoms with E-state index in [9.17, 15) is 20.3 Å². The topological polar surface area (TPSA) is 143 Å². The first-order chi connectivity index (χ1) is 13.4. The largest absolute Gasteiger partial charge is 0.463 e. The fraction of sp³-hybridized carbons (Fsp3) is 0.526. The Bertz CT molecular complexity index is 903. The van der Waals surface area contributed by atoms with Crippen molar-refractivity contribution in [2.75, 3.05) is 12.3 Å². The second-order valence-corrected chi connectivity index (χ2v) is 6.88. The Labute approximate surface area is 162 Å². The number of nitriles is 1. The van der Waals surface area contributed by atoms with E-state index < -0.39 is 29.9 Å². The van der Waals surface area contributed by atoms with Gasteiger partial charge in [0, 0.05) is 6.20 Å². The lowest BCUT2D eigenvalue weighted by Crippen LogP contribution is -2.41. The molecule has 1 fully saturated rings. The molecule has 0 aliphatic carbocycles. The van der Waals surface area contributed by atoms with E-state index in [0.717, 1.165) is 0 Å². The van der Waals surface area contributed by atoms with Gasteiger partial charge in [-0.3, -0.25) is 4.79 Å². The first-order valence-corrected chi connectivity index (χ1v) is 9.24. The maximum absolute atomic E-state index is 12.1. The fourth-order valence-electron chi connectivity index (χ4n) is 3.54. The number of esters is 1. The predicted molar refractivity (Wildman–Crippen MR) is 98.8 cm³/mol. The molecular weight excluding hydrogens is 364 g/mol. The Morgan fingerprint density at radius 1 is 1.43 bits per heavy atom. The number of anilines is 1. The van der Waals surface area contributed by atoms with E-state index in [1.54, 1.807) is 18.2 Å². The van der Waals surface area contributed by atoms with Crippen molar-refractivity contribution in [3.8, 4) is 6.07 Å². The summed E-state index contributed by atoms with van der Waals surface area (Å²) < 4.78 is 12.4. The number of aliphatic hydroxyl groups is 2. The molecule has 9 nitrogen and oxygen atoms in total. The average Bonchev–Trinajstić information content (AvgIpc) is 3.23. The van der Waals surface area contributed by atoms with Crippen LogP contribution in [0.1, 0.15) is 32.4 Å². The number of carbonyl (C=O) groups is 1. The van der Waals surface area contributed by atoms with E-state index in [-0.39, 0.29) is 18.2 Å². The van der Waals surface area contributed by atoms with Crippen LogP contribution in [0.2, 0.25) is 0 Å². The van der Waals surface area contributed by atoms with Crippen LogP contribution in [0.3, 0.4) is 0 Å². The number of aromatic nitrogens is 2. The van der Waals surface area contributed by atoms with Crippen LogP contribution in [0.5, 0.6) is 0 Å². The van der Waals surface area contributed by atoms with Crippen molar-refractivity contribution in [1.29, 1.82) is 5.26 Å². The molecule has 0 unspecified atom stereocenters. The van der Waals surface area contributed by atoms with E-state index in [1.807, 2.05) is 19.9 Å². The first kappa shape index (κ1) is 20.1. The molecule has 0 radical (unpaired) electrons. The van der Waals surface area contributed by atoms with Gasteiger partial charge in [-0.2, -0.15) is 10.4 Å². The van der Waals surface area contributed by atoms with Crippen molar-refractivity contribution in [2.24, 2.45) is 5.92 Å². The molecule has 0 amide bonds. The highest BCUT2D eigenvalue weighted by Crippen LogP contribution is 2.40. The number of aliphatic hydroxyl groups excluding tert-OH is 2. The molecule has 28 heavy (non-hydrogen) atoms. The summed E-state index contributed by atoms with van der Waals surface area (Å²) >= 11 is 0. The van der Waals surface area contributed by atoms with Crippen molar-refractivity contribution in [1.82, 2.24) is 9.61 Å². The summed E-state index contributed by atoms with van der Waals surface area (Å²) in [6.45, 7) is 3.50.